The number of hydrogen-bond acceptors (Lipinski definition) is 6. The van der Waals surface area contributed by atoms with Gasteiger partial charge >= 0.3 is 6.36 Å². The van der Waals surface area contributed by atoms with Crippen molar-refractivity contribution in [1.29, 1.82) is 5.26 Å². The van der Waals surface area contributed by atoms with E-state index >= 15 is 0 Å². The van der Waals surface area contributed by atoms with Crippen molar-refractivity contribution in [2.75, 3.05) is 6.26 Å². The summed E-state index contributed by atoms with van der Waals surface area (Å²) in [6.07, 6.45) is -3.32. The molecule has 0 fully saturated rings. The lowest BCUT2D eigenvalue weighted by Gasteiger charge is -2.13. The zero-order chi connectivity index (χ0) is 18.1. The Labute approximate surface area is 150 Å². The van der Waals surface area contributed by atoms with Crippen molar-refractivity contribution < 1.29 is 23.0 Å². The molecule has 0 atom stereocenters. The number of phenolic OH excluding ortho intramolecular Hbond substituents is 1. The van der Waals surface area contributed by atoms with Crippen LogP contribution in [-0.2, 0) is 0 Å². The molecule has 0 bridgehead atoms. The summed E-state index contributed by atoms with van der Waals surface area (Å²) in [4.78, 5) is 18.3. The number of aromatic hydroxyl groups is 1. The normalized spacial score (nSPS) is 11.2. The maximum atomic E-state index is 12.4. The maximum Gasteiger partial charge on any atom is 0.573 e. The average Bonchev–Trinajstić information content (AvgIpc) is 2.48. The third kappa shape index (κ3) is 3.93. The number of thioether (sulfide) groups is 1. The molecule has 2 rings (SSSR count). The summed E-state index contributed by atoms with van der Waals surface area (Å²) in [5.41, 5.74) is -1.63. The van der Waals surface area contributed by atoms with E-state index < -0.39 is 29.0 Å². The number of phenols is 1. The molecule has 6 nitrogen and oxygen atoms in total. The van der Waals surface area contributed by atoms with E-state index in [4.69, 9.17) is 5.26 Å². The lowest BCUT2D eigenvalue weighted by molar-refractivity contribution is -0.274. The van der Waals surface area contributed by atoms with E-state index in [0.29, 0.717) is 0 Å². The summed E-state index contributed by atoms with van der Waals surface area (Å²) in [6, 6.07) is 3.48. The minimum absolute atomic E-state index is 0.0426. The number of rotatable bonds is 3. The van der Waals surface area contributed by atoms with Gasteiger partial charge in [-0.1, -0.05) is 11.8 Å². The molecule has 126 valence electrons. The molecule has 11 heteroatoms. The summed E-state index contributed by atoms with van der Waals surface area (Å²) in [6.45, 7) is 0. The Morgan fingerprint density at radius 2 is 2.12 bits per heavy atom. The van der Waals surface area contributed by atoms with Gasteiger partial charge in [-0.15, -0.1) is 13.2 Å². The molecule has 0 unspecified atom stereocenters. The van der Waals surface area contributed by atoms with Crippen molar-refractivity contribution in [1.82, 2.24) is 9.97 Å². The minimum atomic E-state index is -4.93. The molecule has 24 heavy (non-hydrogen) atoms. The third-order valence-corrected chi connectivity index (χ3v) is 4.13. The van der Waals surface area contributed by atoms with Crippen LogP contribution in [0.25, 0.3) is 11.3 Å². The minimum Gasteiger partial charge on any atom is -0.506 e. The van der Waals surface area contributed by atoms with E-state index in [2.05, 4.69) is 14.7 Å². The SMILES string of the molecule is CSc1nc(-c2cc(OC(F)(F)F)cc(I)c2O)c(C#N)c(=O)[nH]1. The number of nitrogens with one attached hydrogen (secondary N) is 1. The summed E-state index contributed by atoms with van der Waals surface area (Å²) in [5, 5.41) is 19.4. The molecule has 2 N–H and O–H groups in total. The molecule has 0 saturated heterocycles. The quantitative estimate of drug-likeness (QED) is 0.407. The Balaban J connectivity index is 2.75. The van der Waals surface area contributed by atoms with Crippen LogP contribution in [0.1, 0.15) is 5.56 Å². The average molecular weight is 469 g/mol. The molecule has 1 heterocycles. The van der Waals surface area contributed by atoms with Crippen molar-refractivity contribution in [3.63, 3.8) is 0 Å². The molecule has 1 aromatic carbocycles. The number of nitrogens with zero attached hydrogens (tertiary/aromatic N) is 2. The fraction of sp³-hybridized carbons (Fsp3) is 0.154. The van der Waals surface area contributed by atoms with Gasteiger partial charge in [0.15, 0.2) is 5.16 Å². The van der Waals surface area contributed by atoms with Crippen LogP contribution in [0.3, 0.4) is 0 Å². The Morgan fingerprint density at radius 3 is 2.67 bits per heavy atom. The highest BCUT2D eigenvalue weighted by Crippen LogP contribution is 2.38. The van der Waals surface area contributed by atoms with E-state index in [9.17, 15) is 23.1 Å². The topological polar surface area (TPSA) is 99.0 Å². The van der Waals surface area contributed by atoms with Crippen LogP contribution < -0.4 is 10.3 Å². The van der Waals surface area contributed by atoms with Crippen LogP contribution in [-0.4, -0.2) is 27.7 Å². The Bertz CT molecular complexity index is 893. The van der Waals surface area contributed by atoms with Gasteiger partial charge in [0.2, 0.25) is 0 Å². The summed E-state index contributed by atoms with van der Waals surface area (Å²) in [7, 11) is 0. The second-order valence-electron chi connectivity index (χ2n) is 4.26. The number of benzene rings is 1. The highest BCUT2D eigenvalue weighted by molar-refractivity contribution is 14.1. The number of alkyl halides is 3. The fourth-order valence-corrected chi connectivity index (χ4v) is 2.77. The standard InChI is InChI=1S/C13H7F3IN3O3S/c1-24-12-19-9(7(4-18)11(22)20-12)6-2-5(23-13(14,15)16)3-8(17)10(6)21/h2-3,21H,1H3,(H,19,20,22). The predicted octanol–water partition coefficient (Wildman–Crippen LogP) is 3.24. The van der Waals surface area contributed by atoms with Crippen molar-refractivity contribution in [3.05, 3.63) is 31.6 Å². The first kappa shape index (κ1) is 18.4. The van der Waals surface area contributed by atoms with Gasteiger partial charge in [0.05, 0.1) is 3.57 Å². The second kappa shape index (κ2) is 6.89. The largest absolute Gasteiger partial charge is 0.573 e. The number of hydrogen-bond donors (Lipinski definition) is 2. The first-order chi connectivity index (χ1) is 11.2. The van der Waals surface area contributed by atoms with Crippen LogP contribution in [0.5, 0.6) is 11.5 Å². The van der Waals surface area contributed by atoms with Gasteiger partial charge in [-0.3, -0.25) is 4.79 Å². The molecule has 0 saturated carbocycles. The number of aromatic nitrogens is 2. The van der Waals surface area contributed by atoms with E-state index in [1.807, 2.05) is 0 Å². The lowest BCUT2D eigenvalue weighted by Crippen LogP contribution is -2.17. The zero-order valence-corrected chi connectivity index (χ0v) is 14.7. The van der Waals surface area contributed by atoms with Gasteiger partial charge in [0.1, 0.15) is 28.8 Å². The van der Waals surface area contributed by atoms with Crippen LogP contribution in [0.15, 0.2) is 22.1 Å². The highest BCUT2D eigenvalue weighted by atomic mass is 127. The molecule has 0 aliphatic carbocycles. The van der Waals surface area contributed by atoms with E-state index in [1.165, 1.54) is 0 Å². The summed E-state index contributed by atoms with van der Waals surface area (Å²) < 4.78 is 41.2. The lowest BCUT2D eigenvalue weighted by atomic mass is 10.1. The number of H-pyrrole nitrogens is 1. The van der Waals surface area contributed by atoms with Crippen molar-refractivity contribution in [2.45, 2.75) is 11.5 Å². The molecule has 2 aromatic rings. The highest BCUT2D eigenvalue weighted by Gasteiger charge is 2.32. The summed E-state index contributed by atoms with van der Waals surface area (Å²) >= 11 is 2.67. The monoisotopic (exact) mass is 469 g/mol. The van der Waals surface area contributed by atoms with Crippen molar-refractivity contribution in [3.8, 4) is 28.8 Å². The number of nitriles is 1. The van der Waals surface area contributed by atoms with Crippen molar-refractivity contribution >= 4 is 34.4 Å². The molecule has 0 radical (unpaired) electrons. The Morgan fingerprint density at radius 1 is 1.46 bits per heavy atom. The molecular weight excluding hydrogens is 462 g/mol. The first-order valence-electron chi connectivity index (χ1n) is 6.03. The number of aromatic amines is 1. The third-order valence-electron chi connectivity index (χ3n) is 2.73. The predicted molar refractivity (Wildman–Crippen MR) is 87.9 cm³/mol. The van der Waals surface area contributed by atoms with Gasteiger partial charge in [0, 0.05) is 5.56 Å². The smallest absolute Gasteiger partial charge is 0.506 e. The van der Waals surface area contributed by atoms with Crippen LogP contribution in [0, 0.1) is 14.9 Å². The first-order valence-corrected chi connectivity index (χ1v) is 8.33. The second-order valence-corrected chi connectivity index (χ2v) is 6.22. The van der Waals surface area contributed by atoms with Crippen LogP contribution in [0.4, 0.5) is 13.2 Å². The van der Waals surface area contributed by atoms with Gasteiger partial charge in [-0.05, 0) is 41.0 Å². The van der Waals surface area contributed by atoms with Crippen molar-refractivity contribution in [2.24, 2.45) is 0 Å². The van der Waals surface area contributed by atoms with E-state index in [-0.39, 0.29) is 20.0 Å². The van der Waals surface area contributed by atoms with Gasteiger partial charge in [-0.2, -0.15) is 5.26 Å². The molecule has 1 aromatic heterocycles. The molecule has 0 aliphatic heterocycles. The molecule has 0 spiro atoms. The van der Waals surface area contributed by atoms with Gasteiger partial charge < -0.3 is 14.8 Å². The zero-order valence-electron chi connectivity index (χ0n) is 11.7. The van der Waals surface area contributed by atoms with Gasteiger partial charge in [0.25, 0.3) is 5.56 Å². The van der Waals surface area contributed by atoms with E-state index in [1.54, 1.807) is 34.9 Å². The van der Waals surface area contributed by atoms with Crippen LogP contribution in [0.2, 0.25) is 0 Å². The molecule has 0 aliphatic rings. The maximum absolute atomic E-state index is 12.4. The van der Waals surface area contributed by atoms with E-state index in [0.717, 1.165) is 23.9 Å². The van der Waals surface area contributed by atoms with Gasteiger partial charge in [-0.25, -0.2) is 4.98 Å². The molecule has 0 amide bonds. The fourth-order valence-electron chi connectivity index (χ4n) is 1.80. The summed E-state index contributed by atoms with van der Waals surface area (Å²) in [5.74, 6) is -1.01. The Hall–Kier alpha value is -1.94. The Kier molecular flexibility index (Phi) is 5.29. The number of ether oxygens (including phenoxy) is 1. The van der Waals surface area contributed by atoms with Crippen LogP contribution >= 0.6 is 34.4 Å². The number of halogens is 4. The molecular formula is C13H7F3IN3O3S.